The molecule has 0 aliphatic carbocycles. The van der Waals surface area contributed by atoms with Crippen LogP contribution in [0, 0.1) is 0 Å². The molecule has 1 heterocycles. The van der Waals surface area contributed by atoms with Crippen LogP contribution in [0.4, 0.5) is 5.69 Å². The van der Waals surface area contributed by atoms with Gasteiger partial charge >= 0.3 is 0 Å². The zero-order valence-corrected chi connectivity index (χ0v) is 10.7. The molecule has 4 heteroatoms. The second-order valence-electron chi connectivity index (χ2n) is 3.75. The number of rotatable bonds is 3. The molecule has 1 aromatic rings. The largest absolute Gasteiger partial charge is 0.272 e. The fourth-order valence-electron chi connectivity index (χ4n) is 1.72. The quantitative estimate of drug-likeness (QED) is 0.836. The number of hydrogen-bond donors (Lipinski definition) is 0. The molecule has 16 heavy (non-hydrogen) atoms. The van der Waals surface area contributed by atoms with Gasteiger partial charge in [0, 0.05) is 10.2 Å². The van der Waals surface area contributed by atoms with Crippen molar-refractivity contribution in [1.82, 2.24) is 0 Å². The van der Waals surface area contributed by atoms with Gasteiger partial charge in [-0.05, 0) is 34.5 Å². The number of hydrazone groups is 1. The summed E-state index contributed by atoms with van der Waals surface area (Å²) in [5.74, 6) is 0.0513. The summed E-state index contributed by atoms with van der Waals surface area (Å²) in [5, 5.41) is 5.86. The highest BCUT2D eigenvalue weighted by Gasteiger charge is 2.25. The van der Waals surface area contributed by atoms with Crippen LogP contribution in [-0.2, 0) is 4.79 Å². The number of amides is 1. The van der Waals surface area contributed by atoms with Crippen LogP contribution < -0.4 is 5.01 Å². The van der Waals surface area contributed by atoms with E-state index < -0.39 is 0 Å². The Balaban J connectivity index is 2.28. The number of nitrogens with zero attached hydrogens (tertiary/aromatic N) is 2. The summed E-state index contributed by atoms with van der Waals surface area (Å²) in [7, 11) is 0. The summed E-state index contributed by atoms with van der Waals surface area (Å²) < 4.78 is 0.893. The molecular weight excluding hydrogens is 268 g/mol. The minimum atomic E-state index is 0.0513. The van der Waals surface area contributed by atoms with Gasteiger partial charge in [-0.15, -0.1) is 0 Å². The van der Waals surface area contributed by atoms with Crippen molar-refractivity contribution in [2.45, 2.75) is 26.2 Å². The average Bonchev–Trinajstić information content (AvgIpc) is 2.61. The van der Waals surface area contributed by atoms with Crippen molar-refractivity contribution >= 4 is 33.2 Å². The van der Waals surface area contributed by atoms with Gasteiger partial charge in [0.1, 0.15) is 0 Å². The van der Waals surface area contributed by atoms with Gasteiger partial charge in [-0.1, -0.05) is 25.5 Å². The molecule has 1 aliphatic rings. The van der Waals surface area contributed by atoms with Crippen molar-refractivity contribution in [2.24, 2.45) is 5.10 Å². The fourth-order valence-corrected chi connectivity index (χ4v) is 2.17. The van der Waals surface area contributed by atoms with E-state index in [1.807, 2.05) is 24.3 Å². The number of benzene rings is 1. The highest BCUT2D eigenvalue weighted by atomic mass is 79.9. The molecule has 0 unspecified atom stereocenters. The molecule has 1 amide bonds. The third kappa shape index (κ3) is 2.16. The van der Waals surface area contributed by atoms with E-state index in [1.54, 1.807) is 0 Å². The molecule has 3 nitrogen and oxygen atoms in total. The Bertz CT molecular complexity index is 442. The molecule has 2 rings (SSSR count). The van der Waals surface area contributed by atoms with E-state index in [9.17, 15) is 4.79 Å². The van der Waals surface area contributed by atoms with Gasteiger partial charge in [0.05, 0.1) is 12.1 Å². The van der Waals surface area contributed by atoms with E-state index in [-0.39, 0.29) is 5.91 Å². The van der Waals surface area contributed by atoms with Crippen molar-refractivity contribution in [3.63, 3.8) is 0 Å². The first kappa shape index (κ1) is 11.3. The van der Waals surface area contributed by atoms with Gasteiger partial charge in [0.15, 0.2) is 0 Å². The third-order valence-electron chi connectivity index (χ3n) is 2.45. The van der Waals surface area contributed by atoms with E-state index in [0.717, 1.165) is 28.7 Å². The molecule has 1 aromatic carbocycles. The van der Waals surface area contributed by atoms with Crippen molar-refractivity contribution in [2.75, 3.05) is 5.01 Å². The molecule has 0 N–H and O–H groups in total. The number of halogens is 1. The fraction of sp³-hybridized carbons (Fsp3) is 0.333. The summed E-state index contributed by atoms with van der Waals surface area (Å²) in [5.41, 5.74) is 1.79. The molecule has 0 aromatic heterocycles. The predicted molar refractivity (Wildman–Crippen MR) is 68.6 cm³/mol. The van der Waals surface area contributed by atoms with Crippen molar-refractivity contribution in [3.8, 4) is 0 Å². The molecule has 84 valence electrons. The maximum absolute atomic E-state index is 11.8. The van der Waals surface area contributed by atoms with E-state index in [4.69, 9.17) is 0 Å². The maximum atomic E-state index is 11.8. The highest BCUT2D eigenvalue weighted by Crippen LogP contribution is 2.29. The van der Waals surface area contributed by atoms with Crippen LogP contribution in [0.2, 0.25) is 0 Å². The van der Waals surface area contributed by atoms with Crippen LogP contribution in [0.3, 0.4) is 0 Å². The van der Waals surface area contributed by atoms with Crippen LogP contribution >= 0.6 is 15.9 Å². The lowest BCUT2D eigenvalue weighted by Gasteiger charge is -2.12. The van der Waals surface area contributed by atoms with E-state index in [2.05, 4.69) is 28.0 Å². The summed E-state index contributed by atoms with van der Waals surface area (Å²) in [4.78, 5) is 11.8. The van der Waals surface area contributed by atoms with Gasteiger partial charge in [0.2, 0.25) is 0 Å². The molecule has 1 aliphatic heterocycles. The minimum absolute atomic E-state index is 0.0513. The molecule has 0 radical (unpaired) electrons. The van der Waals surface area contributed by atoms with Crippen LogP contribution in [0.5, 0.6) is 0 Å². The number of anilines is 1. The summed E-state index contributed by atoms with van der Waals surface area (Å²) in [6.45, 7) is 2.09. The monoisotopic (exact) mass is 280 g/mol. The Morgan fingerprint density at radius 2 is 2.19 bits per heavy atom. The second-order valence-corrected chi connectivity index (χ2v) is 4.60. The lowest BCUT2D eigenvalue weighted by atomic mass is 10.2. The van der Waals surface area contributed by atoms with E-state index >= 15 is 0 Å². The molecular formula is C12H13BrN2O. The Morgan fingerprint density at radius 3 is 2.88 bits per heavy atom. The minimum Gasteiger partial charge on any atom is -0.272 e. The maximum Gasteiger partial charge on any atom is 0.253 e. The highest BCUT2D eigenvalue weighted by molar-refractivity contribution is 9.10. The van der Waals surface area contributed by atoms with Crippen LogP contribution in [-0.4, -0.2) is 11.6 Å². The first-order chi connectivity index (χ1) is 7.72. The summed E-state index contributed by atoms with van der Waals surface area (Å²) >= 11 is 3.43. The van der Waals surface area contributed by atoms with Crippen LogP contribution in [0.25, 0.3) is 0 Å². The summed E-state index contributed by atoms with van der Waals surface area (Å²) in [6.07, 6.45) is 2.37. The molecule has 0 saturated carbocycles. The number of carbonyl (C=O) groups is 1. The van der Waals surface area contributed by atoms with E-state index in [0.29, 0.717) is 6.42 Å². The van der Waals surface area contributed by atoms with Crippen molar-refractivity contribution in [3.05, 3.63) is 28.7 Å². The molecule has 0 saturated heterocycles. The second kappa shape index (κ2) is 4.78. The van der Waals surface area contributed by atoms with Crippen molar-refractivity contribution < 1.29 is 4.79 Å². The van der Waals surface area contributed by atoms with Gasteiger partial charge in [-0.3, -0.25) is 4.79 Å². The van der Waals surface area contributed by atoms with E-state index in [1.165, 1.54) is 5.01 Å². The Hall–Kier alpha value is -1.16. The molecule has 0 atom stereocenters. The number of carbonyl (C=O) groups excluding carboxylic acids is 1. The van der Waals surface area contributed by atoms with Crippen LogP contribution in [0.15, 0.2) is 33.8 Å². The van der Waals surface area contributed by atoms with Crippen molar-refractivity contribution in [1.29, 1.82) is 0 Å². The Kier molecular flexibility index (Phi) is 3.39. The predicted octanol–water partition coefficient (Wildman–Crippen LogP) is 3.34. The van der Waals surface area contributed by atoms with Gasteiger partial charge in [-0.2, -0.15) is 10.1 Å². The molecule has 0 spiro atoms. The average molecular weight is 281 g/mol. The molecule has 0 fully saturated rings. The topological polar surface area (TPSA) is 32.7 Å². The van der Waals surface area contributed by atoms with Crippen LogP contribution in [0.1, 0.15) is 26.2 Å². The van der Waals surface area contributed by atoms with Gasteiger partial charge < -0.3 is 0 Å². The number of para-hydroxylation sites is 1. The smallest absolute Gasteiger partial charge is 0.253 e. The zero-order chi connectivity index (χ0) is 11.5. The summed E-state index contributed by atoms with van der Waals surface area (Å²) in [6, 6.07) is 7.63. The molecule has 0 bridgehead atoms. The van der Waals surface area contributed by atoms with Gasteiger partial charge in [-0.25, -0.2) is 0 Å². The first-order valence-electron chi connectivity index (χ1n) is 5.36. The first-order valence-corrected chi connectivity index (χ1v) is 6.15. The normalized spacial score (nSPS) is 15.5. The standard InChI is InChI=1S/C12H13BrN2O/c1-2-5-9-8-12(16)15(14-9)11-7-4-3-6-10(11)13/h3-4,6-7H,2,5,8H2,1H3. The third-order valence-corrected chi connectivity index (χ3v) is 3.12. The lowest BCUT2D eigenvalue weighted by molar-refractivity contribution is -0.116. The van der Waals surface area contributed by atoms with Gasteiger partial charge in [0.25, 0.3) is 5.91 Å². The zero-order valence-electron chi connectivity index (χ0n) is 9.11. The lowest BCUT2D eigenvalue weighted by Crippen LogP contribution is -2.19. The number of hydrogen-bond acceptors (Lipinski definition) is 2. The SMILES string of the molecule is CCCC1=NN(c2ccccc2Br)C(=O)C1. The Labute approximate surface area is 103 Å². The Morgan fingerprint density at radius 1 is 1.44 bits per heavy atom.